The molecule has 3 rings (SSSR count). The van der Waals surface area contributed by atoms with Crippen LogP contribution in [0.2, 0.25) is 0 Å². The van der Waals surface area contributed by atoms with Crippen molar-refractivity contribution in [1.29, 1.82) is 0 Å². The van der Waals surface area contributed by atoms with Crippen LogP contribution >= 0.6 is 0 Å². The molecule has 0 radical (unpaired) electrons. The maximum absolute atomic E-state index is 13.2. The lowest BCUT2D eigenvalue weighted by Gasteiger charge is -2.31. The lowest BCUT2D eigenvalue weighted by Crippen LogP contribution is -2.31. The summed E-state index contributed by atoms with van der Waals surface area (Å²) in [5.74, 6) is -0.871. The minimum absolute atomic E-state index is 0.0338. The number of hydrogen-bond acceptors (Lipinski definition) is 4. The van der Waals surface area contributed by atoms with Crippen molar-refractivity contribution < 1.29 is 18.7 Å². The van der Waals surface area contributed by atoms with Gasteiger partial charge in [0.1, 0.15) is 11.4 Å². The van der Waals surface area contributed by atoms with Crippen molar-refractivity contribution in [2.24, 2.45) is 0 Å². The van der Waals surface area contributed by atoms with E-state index in [0.717, 1.165) is 31.4 Å². The first-order chi connectivity index (χ1) is 11.0. The van der Waals surface area contributed by atoms with Crippen molar-refractivity contribution in [3.63, 3.8) is 0 Å². The van der Waals surface area contributed by atoms with E-state index in [9.17, 15) is 19.1 Å². The molecule has 0 unspecified atom stereocenters. The summed E-state index contributed by atoms with van der Waals surface area (Å²) >= 11 is 0. The van der Waals surface area contributed by atoms with E-state index in [1.165, 1.54) is 12.1 Å². The molecule has 4 nitrogen and oxygen atoms in total. The van der Waals surface area contributed by atoms with Crippen LogP contribution in [-0.2, 0) is 0 Å². The van der Waals surface area contributed by atoms with Crippen molar-refractivity contribution in [3.8, 4) is 0 Å². The maximum atomic E-state index is 13.2. The third-order valence-electron chi connectivity index (χ3n) is 4.57. The highest BCUT2D eigenvalue weighted by atomic mass is 19.1. The van der Waals surface area contributed by atoms with Gasteiger partial charge in [-0.2, -0.15) is 0 Å². The third kappa shape index (κ3) is 3.50. The molecule has 0 spiro atoms. The SMILES string of the molecule is O=C(CCC1(O)CCCCC1)c1cc(=O)c2cc(F)ccc2o1. The molecule has 0 saturated heterocycles. The van der Waals surface area contributed by atoms with Gasteiger partial charge in [0.25, 0.3) is 0 Å². The standard InChI is InChI=1S/C18H19FO4/c19-12-4-5-16-13(10-12)15(21)11-17(23-16)14(20)6-9-18(22)7-2-1-3-8-18/h4-5,10-11,22H,1-3,6-9H2. The van der Waals surface area contributed by atoms with Crippen LogP contribution in [0.3, 0.4) is 0 Å². The van der Waals surface area contributed by atoms with E-state index in [2.05, 4.69) is 0 Å². The predicted molar refractivity (Wildman–Crippen MR) is 84.0 cm³/mol. The number of carbonyl (C=O) groups excluding carboxylic acids is 1. The van der Waals surface area contributed by atoms with Gasteiger partial charge in [0.05, 0.1) is 11.0 Å². The zero-order valence-electron chi connectivity index (χ0n) is 12.8. The molecule has 0 bridgehead atoms. The lowest BCUT2D eigenvalue weighted by molar-refractivity contribution is -0.00471. The van der Waals surface area contributed by atoms with Gasteiger partial charge < -0.3 is 9.52 Å². The fourth-order valence-corrected chi connectivity index (χ4v) is 3.20. The van der Waals surface area contributed by atoms with Crippen molar-refractivity contribution >= 4 is 16.8 Å². The average Bonchev–Trinajstić information content (AvgIpc) is 2.54. The van der Waals surface area contributed by atoms with Gasteiger partial charge in [-0.25, -0.2) is 4.39 Å². The topological polar surface area (TPSA) is 67.5 Å². The van der Waals surface area contributed by atoms with Gasteiger partial charge in [-0.15, -0.1) is 0 Å². The normalized spacial score (nSPS) is 17.3. The smallest absolute Gasteiger partial charge is 0.198 e. The number of halogens is 1. The average molecular weight is 318 g/mol. The van der Waals surface area contributed by atoms with Gasteiger partial charge in [0, 0.05) is 12.5 Å². The monoisotopic (exact) mass is 318 g/mol. The Kier molecular flexibility index (Phi) is 4.31. The van der Waals surface area contributed by atoms with Gasteiger partial charge in [0.2, 0.25) is 0 Å². The molecule has 0 aliphatic heterocycles. The van der Waals surface area contributed by atoms with E-state index in [1.807, 2.05) is 0 Å². The molecule has 2 aromatic rings. The second kappa shape index (κ2) is 6.24. The molecular weight excluding hydrogens is 299 g/mol. The summed E-state index contributed by atoms with van der Waals surface area (Å²) in [6, 6.07) is 4.73. The van der Waals surface area contributed by atoms with Crippen LogP contribution in [0.4, 0.5) is 4.39 Å². The van der Waals surface area contributed by atoms with Crippen LogP contribution in [0.5, 0.6) is 0 Å². The van der Waals surface area contributed by atoms with E-state index in [4.69, 9.17) is 4.42 Å². The first kappa shape index (κ1) is 15.9. The number of hydrogen-bond donors (Lipinski definition) is 1. The van der Waals surface area contributed by atoms with E-state index in [1.54, 1.807) is 0 Å². The zero-order valence-corrected chi connectivity index (χ0v) is 12.8. The number of carbonyl (C=O) groups is 1. The summed E-state index contributed by atoms with van der Waals surface area (Å²) in [5, 5.41) is 10.6. The van der Waals surface area contributed by atoms with Gasteiger partial charge >= 0.3 is 0 Å². The molecule has 5 heteroatoms. The molecular formula is C18H19FO4. The molecule has 0 atom stereocenters. The predicted octanol–water partition coefficient (Wildman–Crippen LogP) is 3.59. The van der Waals surface area contributed by atoms with Crippen LogP contribution in [0.1, 0.15) is 55.5 Å². The second-order valence-corrected chi connectivity index (χ2v) is 6.32. The Balaban J connectivity index is 1.78. The van der Waals surface area contributed by atoms with Crippen LogP contribution in [0.25, 0.3) is 11.0 Å². The summed E-state index contributed by atoms with van der Waals surface area (Å²) < 4.78 is 18.6. The minimum atomic E-state index is -0.784. The number of ketones is 1. The molecule has 1 saturated carbocycles. The highest BCUT2D eigenvalue weighted by Gasteiger charge is 2.30. The Hall–Kier alpha value is -2.01. The maximum Gasteiger partial charge on any atom is 0.198 e. The van der Waals surface area contributed by atoms with E-state index in [0.29, 0.717) is 19.3 Å². The van der Waals surface area contributed by atoms with E-state index in [-0.39, 0.29) is 28.9 Å². The summed E-state index contributed by atoms with van der Waals surface area (Å²) in [6.45, 7) is 0. The summed E-state index contributed by atoms with van der Waals surface area (Å²) in [7, 11) is 0. The number of rotatable bonds is 4. The second-order valence-electron chi connectivity index (χ2n) is 6.32. The van der Waals surface area contributed by atoms with Crippen molar-refractivity contribution in [2.45, 2.75) is 50.5 Å². The molecule has 1 fully saturated rings. The Morgan fingerprint density at radius 1 is 1.22 bits per heavy atom. The molecule has 1 aliphatic rings. The molecule has 122 valence electrons. The van der Waals surface area contributed by atoms with Crippen molar-refractivity contribution in [1.82, 2.24) is 0 Å². The highest BCUT2D eigenvalue weighted by molar-refractivity contribution is 5.94. The molecule has 1 aromatic carbocycles. The molecule has 1 aliphatic carbocycles. The van der Waals surface area contributed by atoms with Crippen molar-refractivity contribution in [2.75, 3.05) is 0 Å². The molecule has 1 N–H and O–H groups in total. The molecule has 1 heterocycles. The number of fused-ring (bicyclic) bond motifs is 1. The molecule has 0 amide bonds. The van der Waals surface area contributed by atoms with E-state index < -0.39 is 16.8 Å². The van der Waals surface area contributed by atoms with Gasteiger partial charge in [-0.1, -0.05) is 19.3 Å². The Morgan fingerprint density at radius 3 is 2.70 bits per heavy atom. The first-order valence-electron chi connectivity index (χ1n) is 7.96. The summed E-state index contributed by atoms with van der Waals surface area (Å²) in [4.78, 5) is 24.3. The third-order valence-corrected chi connectivity index (χ3v) is 4.57. The summed E-state index contributed by atoms with van der Waals surface area (Å²) in [5.41, 5.74) is -1.03. The Bertz CT molecular complexity index is 787. The van der Waals surface area contributed by atoms with E-state index >= 15 is 0 Å². The Labute approximate surface area is 132 Å². The first-order valence-corrected chi connectivity index (χ1v) is 7.96. The highest BCUT2D eigenvalue weighted by Crippen LogP contribution is 2.32. The summed E-state index contributed by atoms with van der Waals surface area (Å²) in [6.07, 6.45) is 4.99. The minimum Gasteiger partial charge on any atom is -0.453 e. The van der Waals surface area contributed by atoms with Crippen LogP contribution < -0.4 is 5.43 Å². The molecule has 1 aromatic heterocycles. The number of benzene rings is 1. The lowest BCUT2D eigenvalue weighted by atomic mass is 9.81. The Morgan fingerprint density at radius 2 is 1.96 bits per heavy atom. The fourth-order valence-electron chi connectivity index (χ4n) is 3.20. The fraction of sp³-hybridized carbons (Fsp3) is 0.444. The number of aliphatic hydroxyl groups is 1. The van der Waals surface area contributed by atoms with Crippen LogP contribution in [-0.4, -0.2) is 16.5 Å². The zero-order chi connectivity index (χ0) is 16.4. The molecule has 23 heavy (non-hydrogen) atoms. The van der Waals surface area contributed by atoms with Gasteiger partial charge in [-0.05, 0) is 37.5 Å². The van der Waals surface area contributed by atoms with Crippen LogP contribution in [0.15, 0.2) is 33.5 Å². The van der Waals surface area contributed by atoms with Crippen LogP contribution in [0, 0.1) is 5.82 Å². The quantitative estimate of drug-likeness (QED) is 0.875. The largest absolute Gasteiger partial charge is 0.453 e. The van der Waals surface area contributed by atoms with Gasteiger partial charge in [-0.3, -0.25) is 9.59 Å². The van der Waals surface area contributed by atoms with Crippen molar-refractivity contribution in [3.05, 3.63) is 46.1 Å². The number of Topliss-reactive ketones (excluding diaryl/α,β-unsaturated/α-hetero) is 1. The van der Waals surface area contributed by atoms with Gasteiger partial charge in [0.15, 0.2) is 17.0 Å².